The number of alkyl halides is 1. The SMILES string of the molecule is COc1ccc(S(=O)(=O)N(Cc2cccnc2)[C@@H](CCF)C(=O)OC(C)(C)C)cc1. The summed E-state index contributed by atoms with van der Waals surface area (Å²) in [6.45, 7) is 3.96. The van der Waals surface area contributed by atoms with Crippen molar-refractivity contribution in [2.75, 3.05) is 13.8 Å². The molecule has 0 bridgehead atoms. The molecule has 0 spiro atoms. The number of rotatable bonds is 9. The van der Waals surface area contributed by atoms with Gasteiger partial charge in [0.25, 0.3) is 0 Å². The molecule has 9 heteroatoms. The van der Waals surface area contributed by atoms with Gasteiger partial charge in [0.1, 0.15) is 17.4 Å². The summed E-state index contributed by atoms with van der Waals surface area (Å²) in [6.07, 6.45) is 2.72. The number of hydrogen-bond donors (Lipinski definition) is 0. The third-order valence-corrected chi connectivity index (χ3v) is 6.01. The smallest absolute Gasteiger partial charge is 0.325 e. The third kappa shape index (κ3) is 6.24. The highest BCUT2D eigenvalue weighted by Gasteiger charge is 2.38. The number of aromatic nitrogens is 1. The van der Waals surface area contributed by atoms with Crippen molar-refractivity contribution >= 4 is 16.0 Å². The van der Waals surface area contributed by atoms with Crippen LogP contribution in [0.3, 0.4) is 0 Å². The molecule has 1 heterocycles. The van der Waals surface area contributed by atoms with Gasteiger partial charge in [-0.25, -0.2) is 8.42 Å². The Labute approximate surface area is 176 Å². The van der Waals surface area contributed by atoms with Crippen LogP contribution < -0.4 is 4.74 Å². The monoisotopic (exact) mass is 438 g/mol. The highest BCUT2D eigenvalue weighted by molar-refractivity contribution is 7.89. The molecule has 1 atom stereocenters. The fraction of sp³-hybridized carbons (Fsp3) is 0.429. The number of methoxy groups -OCH3 is 1. The number of hydrogen-bond acceptors (Lipinski definition) is 6. The van der Waals surface area contributed by atoms with E-state index in [9.17, 15) is 17.6 Å². The number of benzene rings is 1. The summed E-state index contributed by atoms with van der Waals surface area (Å²) in [5.74, 6) is -0.318. The van der Waals surface area contributed by atoms with Gasteiger partial charge < -0.3 is 9.47 Å². The zero-order valence-electron chi connectivity index (χ0n) is 17.5. The van der Waals surface area contributed by atoms with Crippen LogP contribution in [0.2, 0.25) is 0 Å². The molecule has 164 valence electrons. The van der Waals surface area contributed by atoms with Gasteiger partial charge in [-0.2, -0.15) is 4.31 Å². The van der Waals surface area contributed by atoms with E-state index in [0.717, 1.165) is 4.31 Å². The summed E-state index contributed by atoms with van der Waals surface area (Å²) in [5, 5.41) is 0. The minimum absolute atomic E-state index is 0.0420. The fourth-order valence-electron chi connectivity index (χ4n) is 2.77. The number of sulfonamides is 1. The summed E-state index contributed by atoms with van der Waals surface area (Å²) in [4.78, 5) is 16.8. The first-order chi connectivity index (χ1) is 14.1. The summed E-state index contributed by atoms with van der Waals surface area (Å²) < 4.78 is 51.7. The van der Waals surface area contributed by atoms with E-state index in [1.165, 1.54) is 37.6 Å². The molecule has 0 radical (unpaired) electrons. The minimum Gasteiger partial charge on any atom is -0.497 e. The molecule has 1 aromatic heterocycles. The first-order valence-electron chi connectivity index (χ1n) is 9.42. The van der Waals surface area contributed by atoms with Gasteiger partial charge in [-0.15, -0.1) is 0 Å². The molecule has 0 N–H and O–H groups in total. The summed E-state index contributed by atoms with van der Waals surface area (Å²) in [5.41, 5.74) is -0.294. The van der Waals surface area contributed by atoms with E-state index >= 15 is 0 Å². The van der Waals surface area contributed by atoms with Crippen molar-refractivity contribution in [3.8, 4) is 5.75 Å². The van der Waals surface area contributed by atoms with Gasteiger partial charge in [0.05, 0.1) is 18.7 Å². The maximum atomic E-state index is 13.5. The van der Waals surface area contributed by atoms with Gasteiger partial charge >= 0.3 is 5.97 Å². The van der Waals surface area contributed by atoms with Crippen molar-refractivity contribution in [3.63, 3.8) is 0 Å². The summed E-state index contributed by atoms with van der Waals surface area (Å²) in [6, 6.07) is 7.79. The maximum absolute atomic E-state index is 13.5. The van der Waals surface area contributed by atoms with E-state index in [1.54, 1.807) is 39.1 Å². The topological polar surface area (TPSA) is 85.8 Å². The van der Waals surface area contributed by atoms with Crippen LogP contribution >= 0.6 is 0 Å². The quantitative estimate of drug-likeness (QED) is 0.558. The van der Waals surface area contributed by atoms with Crippen molar-refractivity contribution in [2.24, 2.45) is 0 Å². The molecule has 2 rings (SSSR count). The van der Waals surface area contributed by atoms with Crippen LogP contribution in [0.15, 0.2) is 53.7 Å². The van der Waals surface area contributed by atoms with E-state index in [-0.39, 0.29) is 17.9 Å². The molecule has 0 unspecified atom stereocenters. The first-order valence-corrected chi connectivity index (χ1v) is 10.9. The van der Waals surface area contributed by atoms with Gasteiger partial charge in [0.15, 0.2) is 0 Å². The molecule has 0 saturated carbocycles. The molecule has 0 saturated heterocycles. The molecule has 0 aliphatic carbocycles. The number of halogens is 1. The lowest BCUT2D eigenvalue weighted by Crippen LogP contribution is -2.47. The maximum Gasteiger partial charge on any atom is 0.325 e. The molecular weight excluding hydrogens is 411 g/mol. The Bertz CT molecular complexity index is 928. The number of esters is 1. The molecule has 0 fully saturated rings. The number of pyridine rings is 1. The highest BCUT2D eigenvalue weighted by atomic mass is 32.2. The van der Waals surface area contributed by atoms with Crippen molar-refractivity contribution in [2.45, 2.75) is 50.3 Å². The van der Waals surface area contributed by atoms with Crippen LogP contribution in [0.4, 0.5) is 4.39 Å². The second kappa shape index (κ2) is 9.99. The first kappa shape index (κ1) is 23.8. The van der Waals surface area contributed by atoms with Gasteiger partial charge in [0, 0.05) is 25.4 Å². The standard InChI is InChI=1S/C21H27FN2O5S/c1-21(2,3)29-20(25)19(11-12-22)24(15-16-6-5-13-23-14-16)30(26,27)18-9-7-17(28-4)8-10-18/h5-10,13-14,19H,11-12,15H2,1-4H3/t19-/m0/s1. The van der Waals surface area contributed by atoms with E-state index in [0.29, 0.717) is 11.3 Å². The fourth-order valence-corrected chi connectivity index (χ4v) is 4.37. The van der Waals surface area contributed by atoms with Gasteiger partial charge in [-0.1, -0.05) is 6.07 Å². The molecule has 7 nitrogen and oxygen atoms in total. The van der Waals surface area contributed by atoms with Crippen molar-refractivity contribution < 1.29 is 27.1 Å². The molecule has 0 aliphatic heterocycles. The van der Waals surface area contributed by atoms with Crippen LogP contribution in [0.1, 0.15) is 32.8 Å². The van der Waals surface area contributed by atoms with Crippen LogP contribution in [-0.4, -0.2) is 49.1 Å². The normalized spacial score (nSPS) is 13.1. The average molecular weight is 439 g/mol. The van der Waals surface area contributed by atoms with E-state index in [4.69, 9.17) is 9.47 Å². The van der Waals surface area contributed by atoms with E-state index in [1.807, 2.05) is 0 Å². The Kier molecular flexibility index (Phi) is 7.91. The van der Waals surface area contributed by atoms with Gasteiger partial charge in [-0.05, 0) is 56.7 Å². The molecular formula is C21H27FN2O5S. The number of carbonyl (C=O) groups is 1. The van der Waals surface area contributed by atoms with Crippen molar-refractivity contribution in [1.29, 1.82) is 0 Å². The highest BCUT2D eigenvalue weighted by Crippen LogP contribution is 2.26. The Balaban J connectivity index is 2.51. The molecule has 0 aliphatic rings. The molecule has 2 aromatic rings. The van der Waals surface area contributed by atoms with Crippen molar-refractivity contribution in [3.05, 3.63) is 54.4 Å². The van der Waals surface area contributed by atoms with Crippen LogP contribution in [0.5, 0.6) is 5.75 Å². The second-order valence-corrected chi connectivity index (χ2v) is 9.50. The van der Waals surface area contributed by atoms with Crippen LogP contribution in [0, 0.1) is 0 Å². The van der Waals surface area contributed by atoms with Crippen LogP contribution in [-0.2, 0) is 26.1 Å². The van der Waals surface area contributed by atoms with Gasteiger partial charge in [-0.3, -0.25) is 14.2 Å². The third-order valence-electron chi connectivity index (χ3n) is 4.14. The van der Waals surface area contributed by atoms with Crippen molar-refractivity contribution in [1.82, 2.24) is 9.29 Å². The summed E-state index contributed by atoms with van der Waals surface area (Å²) in [7, 11) is -2.69. The Morgan fingerprint density at radius 2 is 1.87 bits per heavy atom. The molecule has 30 heavy (non-hydrogen) atoms. The summed E-state index contributed by atoms with van der Waals surface area (Å²) >= 11 is 0. The largest absolute Gasteiger partial charge is 0.497 e. The Morgan fingerprint density at radius 1 is 1.20 bits per heavy atom. The van der Waals surface area contributed by atoms with E-state index in [2.05, 4.69) is 4.98 Å². The number of ether oxygens (including phenoxy) is 2. The Hall–Kier alpha value is -2.52. The molecule has 1 aromatic carbocycles. The number of carbonyl (C=O) groups excluding carboxylic acids is 1. The zero-order valence-corrected chi connectivity index (χ0v) is 18.4. The second-order valence-electron chi connectivity index (χ2n) is 7.61. The average Bonchev–Trinajstić information content (AvgIpc) is 2.70. The molecule has 0 amide bonds. The lowest BCUT2D eigenvalue weighted by molar-refractivity contribution is -0.160. The number of nitrogens with zero attached hydrogens (tertiary/aromatic N) is 2. The van der Waals surface area contributed by atoms with Crippen LogP contribution in [0.25, 0.3) is 0 Å². The van der Waals surface area contributed by atoms with Gasteiger partial charge in [0.2, 0.25) is 10.0 Å². The van der Waals surface area contributed by atoms with E-state index < -0.39 is 34.3 Å². The predicted octanol–water partition coefficient (Wildman–Crippen LogP) is 3.35. The lowest BCUT2D eigenvalue weighted by Gasteiger charge is -2.31. The zero-order chi connectivity index (χ0) is 22.4. The predicted molar refractivity (Wildman–Crippen MR) is 110 cm³/mol. The Morgan fingerprint density at radius 3 is 2.37 bits per heavy atom. The lowest BCUT2D eigenvalue weighted by atomic mass is 10.1. The minimum atomic E-state index is -4.16.